The lowest BCUT2D eigenvalue weighted by Gasteiger charge is -2.33. The molecule has 4 heteroatoms. The van der Waals surface area contributed by atoms with Crippen LogP contribution in [-0.4, -0.2) is 23.2 Å². The van der Waals surface area contributed by atoms with E-state index >= 15 is 0 Å². The molecule has 1 heterocycles. The van der Waals surface area contributed by atoms with Crippen LogP contribution in [0.1, 0.15) is 39.4 Å². The van der Waals surface area contributed by atoms with Crippen molar-refractivity contribution in [2.24, 2.45) is 0 Å². The van der Waals surface area contributed by atoms with Crippen LogP contribution in [0.15, 0.2) is 34.7 Å². The monoisotopic (exact) mass is 299 g/mol. The Morgan fingerprint density at radius 1 is 1.32 bits per heavy atom. The molecule has 0 saturated carbocycles. The third-order valence-corrected chi connectivity index (χ3v) is 4.36. The zero-order valence-electron chi connectivity index (χ0n) is 13.0. The van der Waals surface area contributed by atoms with E-state index in [1.807, 2.05) is 25.1 Å². The average Bonchev–Trinajstić information content (AvgIpc) is 2.83. The van der Waals surface area contributed by atoms with Gasteiger partial charge in [0.05, 0.1) is 11.2 Å². The van der Waals surface area contributed by atoms with Crippen molar-refractivity contribution < 1.29 is 14.3 Å². The maximum absolute atomic E-state index is 12.2. The van der Waals surface area contributed by atoms with Crippen LogP contribution in [0.5, 0.6) is 0 Å². The van der Waals surface area contributed by atoms with Gasteiger partial charge in [0.2, 0.25) is 0 Å². The summed E-state index contributed by atoms with van der Waals surface area (Å²) in [5.41, 5.74) is 2.12. The predicted molar refractivity (Wildman–Crippen MR) is 83.9 cm³/mol. The number of hydrogen-bond acceptors (Lipinski definition) is 3. The van der Waals surface area contributed by atoms with E-state index in [0.717, 1.165) is 6.42 Å². The van der Waals surface area contributed by atoms with Crippen molar-refractivity contribution in [3.8, 4) is 0 Å². The molecule has 1 atom stereocenters. The fourth-order valence-corrected chi connectivity index (χ4v) is 3.13. The second-order valence-electron chi connectivity index (χ2n) is 6.18. The maximum Gasteiger partial charge on any atom is 0.254 e. The lowest BCUT2D eigenvalue weighted by atomic mass is 9.80. The Kier molecular flexibility index (Phi) is 3.79. The van der Waals surface area contributed by atoms with Gasteiger partial charge in [0.15, 0.2) is 0 Å². The second-order valence-corrected chi connectivity index (χ2v) is 6.18. The van der Waals surface area contributed by atoms with Crippen molar-refractivity contribution in [2.75, 3.05) is 6.54 Å². The summed E-state index contributed by atoms with van der Waals surface area (Å²) < 4.78 is 5.38. The first-order valence-electron chi connectivity index (χ1n) is 7.61. The number of aryl methyl sites for hydroxylation is 3. The molecule has 0 spiro atoms. The number of carbonyl (C=O) groups excluding carboxylic acids is 1. The van der Waals surface area contributed by atoms with E-state index in [4.69, 9.17) is 4.42 Å². The number of aliphatic hydroxyl groups is 1. The van der Waals surface area contributed by atoms with E-state index in [1.165, 1.54) is 11.1 Å². The molecular weight excluding hydrogens is 278 g/mol. The van der Waals surface area contributed by atoms with E-state index < -0.39 is 5.60 Å². The first-order valence-corrected chi connectivity index (χ1v) is 7.61. The van der Waals surface area contributed by atoms with Crippen LogP contribution >= 0.6 is 0 Å². The summed E-state index contributed by atoms with van der Waals surface area (Å²) in [5.74, 6) is 1.13. The van der Waals surface area contributed by atoms with E-state index in [1.54, 1.807) is 13.0 Å². The molecular formula is C18H21NO3. The number of rotatable bonds is 3. The summed E-state index contributed by atoms with van der Waals surface area (Å²) in [6, 6.07) is 9.89. The van der Waals surface area contributed by atoms with E-state index in [0.29, 0.717) is 29.9 Å². The Hall–Kier alpha value is -2.07. The van der Waals surface area contributed by atoms with Gasteiger partial charge in [0.25, 0.3) is 5.91 Å². The van der Waals surface area contributed by atoms with Crippen LogP contribution in [0.25, 0.3) is 0 Å². The van der Waals surface area contributed by atoms with Crippen LogP contribution in [0, 0.1) is 13.8 Å². The lowest BCUT2D eigenvalue weighted by molar-refractivity contribution is 0.0259. The first-order chi connectivity index (χ1) is 10.5. The number of carbonyl (C=O) groups is 1. The smallest absolute Gasteiger partial charge is 0.254 e. The maximum atomic E-state index is 12.2. The number of benzene rings is 1. The van der Waals surface area contributed by atoms with Gasteiger partial charge in [-0.2, -0.15) is 0 Å². The molecule has 1 aliphatic carbocycles. The molecule has 0 radical (unpaired) electrons. The first kappa shape index (κ1) is 14.9. The molecule has 0 unspecified atom stereocenters. The molecule has 2 N–H and O–H groups in total. The number of fused-ring (bicyclic) bond motifs is 1. The van der Waals surface area contributed by atoms with Crippen LogP contribution in [0.3, 0.4) is 0 Å². The number of nitrogens with one attached hydrogen (secondary N) is 1. The molecule has 0 aliphatic heterocycles. The summed E-state index contributed by atoms with van der Waals surface area (Å²) in [6.07, 6.45) is 2.08. The van der Waals surface area contributed by atoms with Crippen LogP contribution in [0.2, 0.25) is 0 Å². The van der Waals surface area contributed by atoms with Gasteiger partial charge in [-0.1, -0.05) is 24.3 Å². The standard InChI is InChI=1S/C18H21NO3/c1-12-9-16(13(2)22-12)17(20)19-11-18(21)8-7-14-5-3-4-6-15(14)10-18/h3-6,9,21H,7-8,10-11H2,1-2H3,(H,19,20)/t18-/m0/s1. The van der Waals surface area contributed by atoms with Crippen LogP contribution < -0.4 is 5.32 Å². The predicted octanol–water partition coefficient (Wildman–Crippen LogP) is 2.55. The Balaban J connectivity index is 1.66. The molecule has 0 saturated heterocycles. The highest BCUT2D eigenvalue weighted by atomic mass is 16.3. The van der Waals surface area contributed by atoms with Gasteiger partial charge >= 0.3 is 0 Å². The van der Waals surface area contributed by atoms with Crippen molar-refractivity contribution in [2.45, 2.75) is 38.7 Å². The summed E-state index contributed by atoms with van der Waals surface area (Å²) in [4.78, 5) is 12.2. The van der Waals surface area contributed by atoms with Gasteiger partial charge in [-0.15, -0.1) is 0 Å². The van der Waals surface area contributed by atoms with Gasteiger partial charge in [0, 0.05) is 13.0 Å². The van der Waals surface area contributed by atoms with Crippen molar-refractivity contribution in [3.05, 3.63) is 58.5 Å². The fraction of sp³-hybridized carbons (Fsp3) is 0.389. The molecule has 1 aromatic carbocycles. The van der Waals surface area contributed by atoms with Gasteiger partial charge in [-0.05, 0) is 43.9 Å². The lowest BCUT2D eigenvalue weighted by Crippen LogP contribution is -2.46. The zero-order valence-corrected chi connectivity index (χ0v) is 13.0. The molecule has 116 valence electrons. The molecule has 2 aromatic rings. The summed E-state index contributed by atoms with van der Waals surface area (Å²) in [6.45, 7) is 3.84. The van der Waals surface area contributed by atoms with Crippen molar-refractivity contribution in [1.82, 2.24) is 5.32 Å². The van der Waals surface area contributed by atoms with Crippen molar-refractivity contribution >= 4 is 5.91 Å². The molecule has 1 aliphatic rings. The number of furan rings is 1. The van der Waals surface area contributed by atoms with Crippen molar-refractivity contribution in [1.29, 1.82) is 0 Å². The van der Waals surface area contributed by atoms with Crippen LogP contribution in [-0.2, 0) is 12.8 Å². The minimum Gasteiger partial charge on any atom is -0.466 e. The molecule has 4 nitrogen and oxygen atoms in total. The van der Waals surface area contributed by atoms with Gasteiger partial charge in [-0.3, -0.25) is 4.79 Å². The van der Waals surface area contributed by atoms with Gasteiger partial charge in [0.1, 0.15) is 11.5 Å². The highest BCUT2D eigenvalue weighted by molar-refractivity contribution is 5.95. The minimum atomic E-state index is -0.878. The molecule has 22 heavy (non-hydrogen) atoms. The highest BCUT2D eigenvalue weighted by Gasteiger charge is 2.32. The van der Waals surface area contributed by atoms with Gasteiger partial charge < -0.3 is 14.8 Å². The van der Waals surface area contributed by atoms with E-state index in [2.05, 4.69) is 11.4 Å². The molecule has 1 amide bonds. The number of amides is 1. The topological polar surface area (TPSA) is 62.5 Å². The summed E-state index contributed by atoms with van der Waals surface area (Å²) in [7, 11) is 0. The Morgan fingerprint density at radius 2 is 2.05 bits per heavy atom. The van der Waals surface area contributed by atoms with Crippen molar-refractivity contribution in [3.63, 3.8) is 0 Å². The molecule has 0 bridgehead atoms. The molecule has 1 aromatic heterocycles. The quantitative estimate of drug-likeness (QED) is 0.915. The highest BCUT2D eigenvalue weighted by Crippen LogP contribution is 2.28. The third-order valence-electron chi connectivity index (χ3n) is 4.36. The molecule has 3 rings (SSSR count). The largest absolute Gasteiger partial charge is 0.466 e. The normalized spacial score (nSPS) is 20.5. The fourth-order valence-electron chi connectivity index (χ4n) is 3.13. The SMILES string of the molecule is Cc1cc(C(=O)NC[C@]2(O)CCc3ccccc3C2)c(C)o1. The van der Waals surface area contributed by atoms with E-state index in [-0.39, 0.29) is 12.5 Å². The van der Waals surface area contributed by atoms with Gasteiger partial charge in [-0.25, -0.2) is 0 Å². The number of hydrogen-bond donors (Lipinski definition) is 2. The van der Waals surface area contributed by atoms with E-state index in [9.17, 15) is 9.90 Å². The minimum absolute atomic E-state index is 0.193. The third kappa shape index (κ3) is 2.92. The Labute approximate surface area is 130 Å². The molecule has 0 fully saturated rings. The zero-order chi connectivity index (χ0) is 15.7. The Morgan fingerprint density at radius 3 is 2.73 bits per heavy atom. The second kappa shape index (κ2) is 5.61. The summed E-state index contributed by atoms with van der Waals surface area (Å²) >= 11 is 0. The van der Waals surface area contributed by atoms with Crippen LogP contribution in [0.4, 0.5) is 0 Å². The average molecular weight is 299 g/mol. The Bertz CT molecular complexity index is 704. The summed E-state index contributed by atoms with van der Waals surface area (Å²) in [5, 5.41) is 13.6.